The fourth-order valence-corrected chi connectivity index (χ4v) is 4.13. The van der Waals surface area contributed by atoms with Gasteiger partial charge in [0.05, 0.1) is 16.7 Å². The number of aryl methyl sites for hydroxylation is 2. The third-order valence-electron chi connectivity index (χ3n) is 4.66. The van der Waals surface area contributed by atoms with Gasteiger partial charge in [0.2, 0.25) is 0 Å². The minimum absolute atomic E-state index is 0.218. The number of carbonyl (C=O) groups excluding carboxylic acids is 1. The van der Waals surface area contributed by atoms with Crippen molar-refractivity contribution in [3.63, 3.8) is 0 Å². The van der Waals surface area contributed by atoms with Gasteiger partial charge < -0.3 is 14.6 Å². The number of halogens is 1. The number of carboxylic acids is 1. The molecular weight excluding hydrogens is 438 g/mol. The predicted octanol–water partition coefficient (Wildman–Crippen LogP) is 4.90. The average Bonchev–Trinajstić information content (AvgIpc) is 2.66. The number of aldehydes is 1. The van der Waals surface area contributed by atoms with Gasteiger partial charge in [0.15, 0.2) is 12.4 Å². The number of nitrogens with zero attached hydrogens (tertiary/aromatic N) is 1. The highest BCUT2D eigenvalue weighted by atomic mass is 79.9. The summed E-state index contributed by atoms with van der Waals surface area (Å²) in [5.74, 6) is -0.280. The van der Waals surface area contributed by atoms with Gasteiger partial charge in [-0.05, 0) is 79.7 Å². The van der Waals surface area contributed by atoms with Crippen molar-refractivity contribution < 1.29 is 24.2 Å². The van der Waals surface area contributed by atoms with Crippen molar-refractivity contribution in [2.24, 2.45) is 0 Å². The molecule has 6 nitrogen and oxygen atoms in total. The van der Waals surface area contributed by atoms with Crippen molar-refractivity contribution in [2.75, 3.05) is 6.61 Å². The summed E-state index contributed by atoms with van der Waals surface area (Å²) < 4.78 is 12.0. The smallest absolute Gasteiger partial charge is 0.337 e. The van der Waals surface area contributed by atoms with Crippen LogP contribution in [0.25, 0.3) is 11.1 Å². The highest BCUT2D eigenvalue weighted by Gasteiger charge is 2.33. The molecule has 0 aliphatic carbocycles. The van der Waals surface area contributed by atoms with Gasteiger partial charge >= 0.3 is 5.97 Å². The topological polar surface area (TPSA) is 85.7 Å². The molecular formula is C22H24BrNO5. The monoisotopic (exact) mass is 461 g/mol. The van der Waals surface area contributed by atoms with E-state index in [4.69, 9.17) is 9.47 Å². The summed E-state index contributed by atoms with van der Waals surface area (Å²) in [5.41, 5.74) is 2.84. The summed E-state index contributed by atoms with van der Waals surface area (Å²) in [5, 5.41) is 9.94. The number of carbonyl (C=O) groups is 2. The Balaban J connectivity index is 2.28. The number of rotatable bonds is 5. The predicted molar refractivity (Wildman–Crippen MR) is 113 cm³/mol. The Bertz CT molecular complexity index is 965. The van der Waals surface area contributed by atoms with Crippen LogP contribution in [0.2, 0.25) is 0 Å². The van der Waals surface area contributed by atoms with E-state index in [1.165, 1.54) is 0 Å². The SMILES string of the molecule is Cc1nc(C=O)c(Br)c(-c2ccc3c(c2)CCCO3)c1[C@H](OC(C)(C)C)C(=O)O. The Morgan fingerprint density at radius 2 is 2.10 bits per heavy atom. The highest BCUT2D eigenvalue weighted by Crippen LogP contribution is 2.42. The summed E-state index contributed by atoms with van der Waals surface area (Å²) in [6.45, 7) is 7.79. The zero-order chi connectivity index (χ0) is 21.3. The molecule has 1 aliphatic rings. The number of ether oxygens (including phenoxy) is 2. The lowest BCUT2D eigenvalue weighted by Gasteiger charge is -2.28. The van der Waals surface area contributed by atoms with Crippen LogP contribution in [0.3, 0.4) is 0 Å². The quantitative estimate of drug-likeness (QED) is 0.637. The molecule has 0 saturated heterocycles. The molecule has 0 fully saturated rings. The van der Waals surface area contributed by atoms with Crippen LogP contribution in [-0.2, 0) is 16.0 Å². The maximum atomic E-state index is 12.2. The van der Waals surface area contributed by atoms with Gasteiger partial charge in [-0.3, -0.25) is 4.79 Å². The standard InChI is InChI=1S/C22H24BrNO5/c1-12-17(20(21(26)27)29-22(2,3)4)18(19(23)15(11-25)24-12)14-7-8-16-13(10-14)6-5-9-28-16/h7-8,10-11,20H,5-6,9H2,1-4H3,(H,26,27)/t20-/m0/s1. The highest BCUT2D eigenvalue weighted by molar-refractivity contribution is 9.10. The van der Waals surface area contributed by atoms with Crippen LogP contribution in [0, 0.1) is 6.92 Å². The van der Waals surface area contributed by atoms with E-state index < -0.39 is 17.7 Å². The Labute approximate surface area is 178 Å². The first-order valence-corrected chi connectivity index (χ1v) is 10.2. The van der Waals surface area contributed by atoms with Gasteiger partial charge in [-0.1, -0.05) is 6.07 Å². The van der Waals surface area contributed by atoms with Crippen LogP contribution < -0.4 is 4.74 Å². The zero-order valence-electron chi connectivity index (χ0n) is 16.9. The van der Waals surface area contributed by atoms with E-state index in [2.05, 4.69) is 20.9 Å². The lowest BCUT2D eigenvalue weighted by molar-refractivity contribution is -0.160. The number of benzene rings is 1. The van der Waals surface area contributed by atoms with Crippen LogP contribution in [0.1, 0.15) is 60.6 Å². The molecule has 1 N–H and O–H groups in total. The van der Waals surface area contributed by atoms with Crippen LogP contribution in [-0.4, -0.2) is 34.6 Å². The summed E-state index contributed by atoms with van der Waals surface area (Å²) >= 11 is 3.48. The molecule has 1 aromatic carbocycles. The van der Waals surface area contributed by atoms with Crippen molar-refractivity contribution in [1.82, 2.24) is 4.98 Å². The Morgan fingerprint density at radius 3 is 2.72 bits per heavy atom. The van der Waals surface area contributed by atoms with E-state index in [9.17, 15) is 14.7 Å². The van der Waals surface area contributed by atoms with Gasteiger partial charge in [-0.25, -0.2) is 9.78 Å². The van der Waals surface area contributed by atoms with Crippen LogP contribution in [0.5, 0.6) is 5.75 Å². The molecule has 29 heavy (non-hydrogen) atoms. The molecule has 3 rings (SSSR count). The molecule has 2 aromatic rings. The van der Waals surface area contributed by atoms with E-state index >= 15 is 0 Å². The normalized spacial score (nSPS) is 14.7. The molecule has 7 heteroatoms. The first-order chi connectivity index (χ1) is 13.6. The molecule has 1 atom stereocenters. The molecule has 0 bridgehead atoms. The fourth-order valence-electron chi connectivity index (χ4n) is 3.50. The number of pyridine rings is 1. The van der Waals surface area contributed by atoms with Crippen LogP contribution in [0.15, 0.2) is 22.7 Å². The number of aliphatic carboxylic acids is 1. The molecule has 0 amide bonds. The Hall–Kier alpha value is -2.25. The van der Waals surface area contributed by atoms with E-state index in [-0.39, 0.29) is 5.69 Å². The van der Waals surface area contributed by atoms with Gasteiger partial charge in [0.25, 0.3) is 0 Å². The van der Waals surface area contributed by atoms with E-state index in [1.807, 2.05) is 18.2 Å². The second-order valence-corrected chi connectivity index (χ2v) is 8.82. The molecule has 0 unspecified atom stereocenters. The Morgan fingerprint density at radius 1 is 1.38 bits per heavy atom. The zero-order valence-corrected chi connectivity index (χ0v) is 18.5. The average molecular weight is 462 g/mol. The van der Waals surface area contributed by atoms with Gasteiger partial charge in [0, 0.05) is 16.8 Å². The molecule has 0 spiro atoms. The third kappa shape index (κ3) is 4.51. The Kier molecular flexibility index (Phi) is 6.10. The number of hydrogen-bond donors (Lipinski definition) is 1. The summed E-state index contributed by atoms with van der Waals surface area (Å²) in [6, 6.07) is 5.75. The molecule has 154 valence electrons. The molecule has 0 radical (unpaired) electrons. The van der Waals surface area contributed by atoms with Crippen LogP contribution >= 0.6 is 15.9 Å². The van der Waals surface area contributed by atoms with Crippen molar-refractivity contribution in [3.05, 3.63) is 45.2 Å². The van der Waals surface area contributed by atoms with Crippen molar-refractivity contribution in [3.8, 4) is 16.9 Å². The van der Waals surface area contributed by atoms with E-state index in [0.29, 0.717) is 34.2 Å². The largest absolute Gasteiger partial charge is 0.493 e. The van der Waals surface area contributed by atoms with Gasteiger partial charge in [-0.15, -0.1) is 0 Å². The van der Waals surface area contributed by atoms with Crippen molar-refractivity contribution in [1.29, 1.82) is 0 Å². The first-order valence-electron chi connectivity index (χ1n) is 9.44. The van der Waals surface area contributed by atoms with Crippen molar-refractivity contribution in [2.45, 2.75) is 52.2 Å². The van der Waals surface area contributed by atoms with Crippen molar-refractivity contribution >= 4 is 28.2 Å². The second-order valence-electron chi connectivity index (χ2n) is 8.03. The third-order valence-corrected chi connectivity index (χ3v) is 5.46. The molecule has 1 aromatic heterocycles. The summed E-state index contributed by atoms with van der Waals surface area (Å²) in [4.78, 5) is 28.0. The number of carboxylic acid groups (broad SMARTS) is 1. The summed E-state index contributed by atoms with van der Waals surface area (Å²) in [6.07, 6.45) is 1.22. The number of hydrogen-bond acceptors (Lipinski definition) is 5. The minimum Gasteiger partial charge on any atom is -0.493 e. The molecule has 0 saturated carbocycles. The van der Waals surface area contributed by atoms with Crippen LogP contribution in [0.4, 0.5) is 0 Å². The maximum absolute atomic E-state index is 12.2. The number of fused-ring (bicyclic) bond motifs is 1. The lowest BCUT2D eigenvalue weighted by Crippen LogP contribution is -2.28. The second kappa shape index (κ2) is 8.24. The van der Waals surface area contributed by atoms with E-state index in [1.54, 1.807) is 27.7 Å². The summed E-state index contributed by atoms with van der Waals surface area (Å²) in [7, 11) is 0. The fraction of sp³-hybridized carbons (Fsp3) is 0.409. The maximum Gasteiger partial charge on any atom is 0.337 e. The van der Waals surface area contributed by atoms with Gasteiger partial charge in [-0.2, -0.15) is 0 Å². The number of aromatic nitrogens is 1. The minimum atomic E-state index is -1.23. The lowest BCUT2D eigenvalue weighted by atomic mass is 9.92. The first kappa shape index (κ1) is 21.5. The molecule has 2 heterocycles. The molecule has 1 aliphatic heterocycles. The van der Waals surface area contributed by atoms with Gasteiger partial charge in [0.1, 0.15) is 11.4 Å². The van der Waals surface area contributed by atoms with E-state index in [0.717, 1.165) is 29.7 Å².